The Hall–Kier alpha value is -2.04. The van der Waals surface area contributed by atoms with Gasteiger partial charge in [-0.05, 0) is 26.0 Å². The van der Waals surface area contributed by atoms with Crippen molar-refractivity contribution in [1.29, 1.82) is 0 Å². The van der Waals surface area contributed by atoms with Crippen LogP contribution in [-0.4, -0.2) is 29.7 Å². The van der Waals surface area contributed by atoms with Crippen LogP contribution >= 0.6 is 0 Å². The highest BCUT2D eigenvalue weighted by Crippen LogP contribution is 2.20. The molecule has 0 fully saturated rings. The molecule has 0 bridgehead atoms. The van der Waals surface area contributed by atoms with Gasteiger partial charge in [0.15, 0.2) is 0 Å². The maximum atomic E-state index is 11.5. The Morgan fingerprint density at radius 1 is 1.29 bits per heavy atom. The normalized spacial score (nSPS) is 10.8. The zero-order chi connectivity index (χ0) is 13.1. The van der Waals surface area contributed by atoms with Gasteiger partial charge in [0.2, 0.25) is 0 Å². The summed E-state index contributed by atoms with van der Waals surface area (Å²) < 4.78 is 4.63. The van der Waals surface area contributed by atoms with Crippen LogP contribution in [0.15, 0.2) is 24.3 Å². The van der Waals surface area contributed by atoms with E-state index in [-0.39, 0.29) is 0 Å². The number of carbonyl (C=O) groups excluding carboxylic acids is 1. The largest absolute Gasteiger partial charge is 0.480 e. The molecule has 0 aliphatic rings. The summed E-state index contributed by atoms with van der Waals surface area (Å²) >= 11 is 0. The Balaban J connectivity index is 3.07. The fourth-order valence-corrected chi connectivity index (χ4v) is 1.27. The number of rotatable bonds is 4. The number of esters is 1. The molecular weight excluding hydrogens is 222 g/mol. The van der Waals surface area contributed by atoms with E-state index in [4.69, 9.17) is 5.11 Å². The van der Waals surface area contributed by atoms with Gasteiger partial charge in [-0.2, -0.15) is 0 Å². The predicted octanol–water partition coefficient (Wildman–Crippen LogP) is 1.75. The van der Waals surface area contributed by atoms with Gasteiger partial charge in [0, 0.05) is 5.69 Å². The lowest BCUT2D eigenvalue weighted by molar-refractivity contribution is -0.141. The maximum Gasteiger partial charge on any atom is 0.339 e. The van der Waals surface area contributed by atoms with E-state index in [1.54, 1.807) is 24.3 Å². The lowest BCUT2D eigenvalue weighted by atomic mass is 10.0. The maximum absolute atomic E-state index is 11.5. The molecule has 5 nitrogen and oxygen atoms in total. The SMILES string of the molecule is COC(=O)c1ccccc1NC(C)(C)C(=O)O. The highest BCUT2D eigenvalue weighted by Gasteiger charge is 2.28. The highest BCUT2D eigenvalue weighted by molar-refractivity contribution is 5.96. The first kappa shape index (κ1) is 13.0. The third kappa shape index (κ3) is 2.96. The topological polar surface area (TPSA) is 75.6 Å². The standard InChI is InChI=1S/C12H15NO4/c1-12(2,11(15)16)13-9-7-5-4-6-8(9)10(14)17-3/h4-7,13H,1-3H3,(H,15,16). The number of hydrogen-bond acceptors (Lipinski definition) is 4. The predicted molar refractivity (Wildman–Crippen MR) is 63.1 cm³/mol. The van der Waals surface area contributed by atoms with E-state index < -0.39 is 17.5 Å². The van der Waals surface area contributed by atoms with Gasteiger partial charge >= 0.3 is 11.9 Å². The van der Waals surface area contributed by atoms with Crippen LogP contribution in [0.25, 0.3) is 0 Å². The molecule has 5 heteroatoms. The average Bonchev–Trinajstić information content (AvgIpc) is 2.28. The lowest BCUT2D eigenvalue weighted by Crippen LogP contribution is -2.40. The van der Waals surface area contributed by atoms with Gasteiger partial charge in [0.05, 0.1) is 12.7 Å². The van der Waals surface area contributed by atoms with Crippen molar-refractivity contribution in [2.75, 3.05) is 12.4 Å². The molecule has 1 aromatic carbocycles. The molecule has 1 rings (SSSR count). The zero-order valence-electron chi connectivity index (χ0n) is 9.98. The fourth-order valence-electron chi connectivity index (χ4n) is 1.27. The Morgan fingerprint density at radius 2 is 1.88 bits per heavy atom. The molecule has 2 N–H and O–H groups in total. The third-order valence-corrected chi connectivity index (χ3v) is 2.31. The van der Waals surface area contributed by atoms with E-state index in [0.29, 0.717) is 11.3 Å². The van der Waals surface area contributed by atoms with Crippen LogP contribution < -0.4 is 5.32 Å². The number of nitrogens with one attached hydrogen (secondary N) is 1. The van der Waals surface area contributed by atoms with Crippen molar-refractivity contribution in [3.63, 3.8) is 0 Å². The van der Waals surface area contributed by atoms with Crippen LogP contribution in [0, 0.1) is 0 Å². The van der Waals surface area contributed by atoms with Crippen molar-refractivity contribution in [2.24, 2.45) is 0 Å². The van der Waals surface area contributed by atoms with Crippen molar-refractivity contribution in [3.05, 3.63) is 29.8 Å². The van der Waals surface area contributed by atoms with Crippen molar-refractivity contribution >= 4 is 17.6 Å². The Kier molecular flexibility index (Phi) is 3.73. The minimum absolute atomic E-state index is 0.310. The number of ether oxygens (including phenoxy) is 1. The Morgan fingerprint density at radius 3 is 2.41 bits per heavy atom. The molecule has 0 aromatic heterocycles. The summed E-state index contributed by atoms with van der Waals surface area (Å²) in [7, 11) is 1.28. The quantitative estimate of drug-likeness (QED) is 0.780. The average molecular weight is 237 g/mol. The van der Waals surface area contributed by atoms with Gasteiger partial charge in [0.1, 0.15) is 5.54 Å². The molecule has 0 atom stereocenters. The van der Waals surface area contributed by atoms with E-state index >= 15 is 0 Å². The Labute approximate surface area is 99.4 Å². The van der Waals surface area contributed by atoms with Gasteiger partial charge in [0.25, 0.3) is 0 Å². The number of para-hydroxylation sites is 1. The van der Waals surface area contributed by atoms with E-state index in [0.717, 1.165) is 0 Å². The number of carboxylic acid groups (broad SMARTS) is 1. The zero-order valence-corrected chi connectivity index (χ0v) is 9.98. The van der Waals surface area contributed by atoms with Crippen molar-refractivity contribution in [2.45, 2.75) is 19.4 Å². The fraction of sp³-hybridized carbons (Fsp3) is 0.333. The van der Waals surface area contributed by atoms with Crippen LogP contribution in [0.1, 0.15) is 24.2 Å². The monoisotopic (exact) mass is 237 g/mol. The number of hydrogen-bond donors (Lipinski definition) is 2. The summed E-state index contributed by atoms with van der Waals surface area (Å²) in [6.07, 6.45) is 0. The second kappa shape index (κ2) is 4.86. The molecule has 0 radical (unpaired) electrons. The number of methoxy groups -OCH3 is 1. The van der Waals surface area contributed by atoms with E-state index in [2.05, 4.69) is 10.1 Å². The second-order valence-corrected chi connectivity index (χ2v) is 4.09. The van der Waals surface area contributed by atoms with Gasteiger partial charge in [-0.15, -0.1) is 0 Å². The molecule has 0 saturated heterocycles. The van der Waals surface area contributed by atoms with Crippen molar-refractivity contribution in [1.82, 2.24) is 0 Å². The second-order valence-electron chi connectivity index (χ2n) is 4.09. The molecule has 0 unspecified atom stereocenters. The molecule has 0 saturated carbocycles. The van der Waals surface area contributed by atoms with Gasteiger partial charge in [-0.1, -0.05) is 12.1 Å². The van der Waals surface area contributed by atoms with Crippen LogP contribution in [0.4, 0.5) is 5.69 Å². The third-order valence-electron chi connectivity index (χ3n) is 2.31. The lowest BCUT2D eigenvalue weighted by Gasteiger charge is -2.23. The minimum atomic E-state index is -1.16. The van der Waals surface area contributed by atoms with Crippen LogP contribution in [-0.2, 0) is 9.53 Å². The summed E-state index contributed by atoms with van der Waals surface area (Å²) in [4.78, 5) is 22.5. The van der Waals surface area contributed by atoms with E-state index in [1.807, 2.05) is 0 Å². The molecule has 92 valence electrons. The number of carboxylic acids is 1. The first-order valence-electron chi connectivity index (χ1n) is 5.07. The van der Waals surface area contributed by atoms with Crippen molar-refractivity contribution in [3.8, 4) is 0 Å². The van der Waals surface area contributed by atoms with Crippen LogP contribution in [0.2, 0.25) is 0 Å². The number of aliphatic carboxylic acids is 1. The molecule has 0 heterocycles. The molecule has 17 heavy (non-hydrogen) atoms. The molecule has 1 aromatic rings. The summed E-state index contributed by atoms with van der Waals surface area (Å²) in [5.74, 6) is -1.51. The first-order chi connectivity index (χ1) is 7.88. The molecular formula is C12H15NO4. The molecule has 0 aliphatic heterocycles. The summed E-state index contributed by atoms with van der Waals surface area (Å²) in [6, 6.07) is 6.61. The Bertz CT molecular complexity index is 440. The van der Waals surface area contributed by atoms with Gasteiger partial charge in [-0.3, -0.25) is 0 Å². The van der Waals surface area contributed by atoms with E-state index in [9.17, 15) is 9.59 Å². The van der Waals surface area contributed by atoms with Gasteiger partial charge < -0.3 is 15.2 Å². The first-order valence-corrected chi connectivity index (χ1v) is 5.07. The summed E-state index contributed by atoms with van der Waals surface area (Å²) in [5.41, 5.74) is -0.416. The number of carbonyl (C=O) groups is 2. The smallest absolute Gasteiger partial charge is 0.339 e. The molecule has 0 aliphatic carbocycles. The molecule has 0 spiro atoms. The molecule has 0 amide bonds. The van der Waals surface area contributed by atoms with Crippen molar-refractivity contribution < 1.29 is 19.4 Å². The minimum Gasteiger partial charge on any atom is -0.480 e. The number of benzene rings is 1. The van der Waals surface area contributed by atoms with Crippen LogP contribution in [0.3, 0.4) is 0 Å². The van der Waals surface area contributed by atoms with Gasteiger partial charge in [-0.25, -0.2) is 9.59 Å². The van der Waals surface area contributed by atoms with Crippen LogP contribution in [0.5, 0.6) is 0 Å². The number of anilines is 1. The van der Waals surface area contributed by atoms with E-state index in [1.165, 1.54) is 21.0 Å². The summed E-state index contributed by atoms with van der Waals surface area (Å²) in [6.45, 7) is 3.03. The summed E-state index contributed by atoms with van der Waals surface area (Å²) in [5, 5.41) is 11.8. The highest BCUT2D eigenvalue weighted by atomic mass is 16.5.